The molecule has 27 nitrogen and oxygen atoms in total. The fraction of sp³-hybridized carbons (Fsp3) is 0.878. The fourth-order valence-corrected chi connectivity index (χ4v) is 24.1. The monoisotopic (exact) mass is 2040 g/mol. The number of hydrogen-bond acceptors (Lipinski definition) is 26. The van der Waals surface area contributed by atoms with Gasteiger partial charge in [-0.3, -0.25) is 0 Å². The molecule has 143 heavy (non-hydrogen) atoms. The molecular weight excluding hydrogens is 1840 g/mol. The van der Waals surface area contributed by atoms with Crippen molar-refractivity contribution in [2.75, 3.05) is 91.5 Å². The number of hydrogen-bond donors (Lipinski definition) is 4. The van der Waals surface area contributed by atoms with Crippen LogP contribution in [0, 0.1) is 178 Å². The molecule has 2 amide bonds. The van der Waals surface area contributed by atoms with Crippen LogP contribution in [0.2, 0.25) is 0 Å². The van der Waals surface area contributed by atoms with Crippen LogP contribution in [0.4, 0.5) is 9.59 Å². The maximum absolute atomic E-state index is 12.2. The lowest BCUT2D eigenvalue weighted by atomic mass is 9.78. The van der Waals surface area contributed by atoms with Crippen molar-refractivity contribution in [3.63, 3.8) is 0 Å². The molecule has 0 spiro atoms. The third-order valence-electron chi connectivity index (χ3n) is 38.1. The Morgan fingerprint density at radius 2 is 0.462 bits per heavy atom. The average molecular weight is 2040 g/mol. The van der Waals surface area contributed by atoms with E-state index in [-0.39, 0.29) is 213 Å². The Morgan fingerprint density at radius 1 is 0.259 bits per heavy atom. The maximum atomic E-state index is 12.2. The van der Waals surface area contributed by atoms with Crippen molar-refractivity contribution in [1.29, 1.82) is 0 Å². The van der Waals surface area contributed by atoms with E-state index in [0.717, 1.165) is 23.3 Å². The van der Waals surface area contributed by atoms with Gasteiger partial charge in [-0.25, -0.2) is 9.59 Å². The number of nitrogens with one attached hydrogen (secondary N) is 2. The van der Waals surface area contributed by atoms with E-state index in [2.05, 4.69) is 232 Å². The van der Waals surface area contributed by atoms with E-state index in [4.69, 9.17) is 99.5 Å². The molecule has 10 aliphatic heterocycles. The van der Waals surface area contributed by atoms with E-state index in [9.17, 15) is 19.8 Å². The van der Waals surface area contributed by atoms with Crippen LogP contribution in [0.25, 0.3) is 0 Å². The first-order valence-electron chi connectivity index (χ1n) is 55.9. The van der Waals surface area contributed by atoms with Crippen LogP contribution in [0.3, 0.4) is 0 Å². The Hall–Kier alpha value is -3.51. The van der Waals surface area contributed by atoms with Gasteiger partial charge in [0.25, 0.3) is 0 Å². The molecule has 10 saturated heterocycles. The van der Waals surface area contributed by atoms with Gasteiger partial charge in [0.05, 0.1) is 134 Å². The van der Waals surface area contributed by atoms with Crippen molar-refractivity contribution in [3.8, 4) is 0 Å². The molecule has 0 bridgehead atoms. The molecule has 28 heteroatoms. The minimum Gasteiger partial charge on any atom is -0.445 e. The van der Waals surface area contributed by atoms with Crippen molar-refractivity contribution in [2.45, 2.75) is 377 Å². The summed E-state index contributed by atoms with van der Waals surface area (Å²) in [5.41, 5.74) is 2.18. The molecule has 2 aromatic rings. The van der Waals surface area contributed by atoms with E-state index >= 15 is 0 Å². The standard InChI is InChI=1S/C56H95NO13.C38H63NO9.C21H40O3S/c1-30-35(6)46(24-58)66-52(41(30)12)61-27-48-37(8)32(3)43(14)54(68-48)63-29-50-39(10)34(5)44(15)55(70-50)64-28-49-38(9)33(4)42(13)53(69-49)62-26-47-36(7)31(2)40(11)51(67-47)60-23-19-22-57-56(59)65-25-45-20-17-16-18-21-45;1-22-25(4)32(18-40)46-36(29(22)8)43-21-34-27(6)24(3)30(9)37(48-34)44-20-33-26(5)23(2)28(7)35(47-33)42-17-13-16-39-38(41)45-19-31-14-11-10-12-15-31;1-9-18-14(5)12(3)16(7)20(23-18)22-11-19-15(6)13(4)17(8)21(24-19)25-10-2/h16-18,20-21,30-44,46-55,58H,19,22-29H2,1-15H3,(H,57,59);10-12,14-15,22-30,32-37,40H,13,16-21H2,1-9H3,(H,39,41);12-21H,9-11H2,1-8H3/t30-,31-,32-,33-,34-,35-,36-,37-,38-,39-,40?,41?,42?,43?,44?,46?,47?,48?,49?,50?,51+,52+,53+,54+,55+;22-,23-,24-,25-,26-,27-,28?,29?,30?,32?,33?,34?,35+,36+,37+;12-,13-,14-,15-,16?,17?,18?,19?,20+,21-/m000/s1. The minimum absolute atomic E-state index is 0.00689. The van der Waals surface area contributed by atoms with Gasteiger partial charge in [-0.2, -0.15) is 0 Å². The lowest BCUT2D eigenvalue weighted by Crippen LogP contribution is -2.53. The van der Waals surface area contributed by atoms with Crippen molar-refractivity contribution in [3.05, 3.63) is 71.8 Å². The zero-order chi connectivity index (χ0) is 105. The van der Waals surface area contributed by atoms with Crippen molar-refractivity contribution in [2.24, 2.45) is 178 Å². The first-order valence-corrected chi connectivity index (χ1v) is 56.9. The van der Waals surface area contributed by atoms with Crippen LogP contribution in [0.5, 0.6) is 0 Å². The zero-order valence-electron chi connectivity index (χ0n) is 93.8. The number of ether oxygens (including phenoxy) is 21. The second kappa shape index (κ2) is 58.5. The molecule has 0 radical (unpaired) electrons. The van der Waals surface area contributed by atoms with E-state index in [1.807, 2.05) is 72.4 Å². The first kappa shape index (κ1) is 121. The molecule has 12 rings (SSSR count). The van der Waals surface area contributed by atoms with Gasteiger partial charge in [0.15, 0.2) is 56.6 Å². The van der Waals surface area contributed by atoms with Gasteiger partial charge in [-0.15, -0.1) is 11.8 Å². The highest BCUT2D eigenvalue weighted by molar-refractivity contribution is 7.99. The highest BCUT2D eigenvalue weighted by Gasteiger charge is 2.52. The molecule has 0 saturated carbocycles. The SMILES string of the molecule is CC1[C@H](OCC2O[C@@H](OCC3O[C@@H](OCC4O[C@@H](OCC5O[C@@H](OCCCNC(=O)OCc6ccccc6)C(C)[C@@H](C)[C@@H]5C)C(C)[C@@H](C)[C@@H]4C)C(C)[C@@H](C)[C@@H]3C)C(C)[C@@H](C)[C@@H]2C)OC(CO)[C@@H](C)[C@@H]1C.CC1[C@H](OCC2O[C@@H](OCC3O[C@@H](OCCCNC(=O)OCc4ccccc4)C(C)[C@@H](C)[C@@H]3C)C(C)[C@@H](C)[C@@H]2C)OC(CO)[C@@H](C)[C@@H]1C.CCS[C@@H]1OC(CO[C@@H]2OC(CC)[C@@H](C)[C@H](C)C2C)[C@@H](C)[C@H](C)C1C. The Bertz CT molecular complexity index is 3890. The van der Waals surface area contributed by atoms with Crippen molar-refractivity contribution < 1.29 is 119 Å². The van der Waals surface area contributed by atoms with E-state index in [1.165, 1.54) is 0 Å². The minimum atomic E-state index is -0.441. The molecular formula is C115H198N2O25S. The summed E-state index contributed by atoms with van der Waals surface area (Å²) >= 11 is 1.93. The topological polar surface area (TPSA) is 292 Å². The van der Waals surface area contributed by atoms with Gasteiger partial charge in [0, 0.05) is 66.4 Å². The molecule has 0 aromatic heterocycles. The number of carbonyl (C=O) groups is 2. The molecule has 20 unspecified atom stereocenters. The van der Waals surface area contributed by atoms with E-state index in [0.29, 0.717) is 174 Å². The second-order valence-electron chi connectivity index (χ2n) is 46.2. The Balaban J connectivity index is 0.000000247. The van der Waals surface area contributed by atoms with Gasteiger partial charge >= 0.3 is 12.2 Å². The molecule has 10 fully saturated rings. The second-order valence-corrected chi connectivity index (χ2v) is 47.6. The van der Waals surface area contributed by atoms with Crippen molar-refractivity contribution in [1.82, 2.24) is 10.6 Å². The molecule has 10 aliphatic rings. The lowest BCUT2D eigenvalue weighted by molar-refractivity contribution is -0.315. The van der Waals surface area contributed by atoms with Gasteiger partial charge in [-0.1, -0.05) is 282 Å². The number of alkyl carbamates (subject to hydrolysis) is 2. The largest absolute Gasteiger partial charge is 0.445 e. The predicted molar refractivity (Wildman–Crippen MR) is 556 cm³/mol. The lowest BCUT2D eigenvalue weighted by Gasteiger charge is -2.47. The van der Waals surface area contributed by atoms with E-state index in [1.54, 1.807) is 0 Å². The quantitative estimate of drug-likeness (QED) is 0.0451. The number of aliphatic hydroxyl groups excluding tert-OH is 2. The highest BCUT2D eigenvalue weighted by atomic mass is 32.2. The molecule has 10 heterocycles. The summed E-state index contributed by atoms with van der Waals surface area (Å²) in [5.74, 6) is 11.0. The number of amides is 2. The Labute approximate surface area is 867 Å². The van der Waals surface area contributed by atoms with Gasteiger partial charge < -0.3 is 120 Å². The van der Waals surface area contributed by atoms with Crippen LogP contribution < -0.4 is 10.6 Å². The number of thioether (sulfide) groups is 1. The zero-order valence-corrected chi connectivity index (χ0v) is 94.6. The average Bonchev–Trinajstić information content (AvgIpc) is 0.780. The summed E-state index contributed by atoms with van der Waals surface area (Å²) in [6, 6.07) is 19.2. The molecule has 824 valence electrons. The predicted octanol–water partition coefficient (Wildman–Crippen LogP) is 21.2. The highest BCUT2D eigenvalue weighted by Crippen LogP contribution is 2.48. The normalized spacial score (nSPS) is 43.9. The third kappa shape index (κ3) is 32.3. The summed E-state index contributed by atoms with van der Waals surface area (Å²) < 4.78 is 134. The van der Waals surface area contributed by atoms with Gasteiger partial charge in [-0.05, 0) is 160 Å². The number of benzene rings is 2. The van der Waals surface area contributed by atoms with Gasteiger partial charge in [0.2, 0.25) is 0 Å². The number of aliphatic hydroxyl groups is 2. The molecule has 4 N–H and O–H groups in total. The van der Waals surface area contributed by atoms with Crippen LogP contribution in [-0.2, 0) is 113 Å². The Kier molecular flexibility index (Phi) is 49.7. The summed E-state index contributed by atoms with van der Waals surface area (Å²) in [6.07, 6.45) is -2.68. The molecule has 2 aromatic carbocycles. The summed E-state index contributed by atoms with van der Waals surface area (Å²) in [5, 5.41) is 25.4. The fourth-order valence-electron chi connectivity index (χ4n) is 23.0. The molecule has 0 aliphatic carbocycles. The first-order chi connectivity index (χ1) is 68.0. The Morgan fingerprint density at radius 3 is 0.692 bits per heavy atom. The summed E-state index contributed by atoms with van der Waals surface area (Å²) in [6.45, 7) is 76.9. The van der Waals surface area contributed by atoms with Crippen molar-refractivity contribution >= 4 is 23.9 Å². The van der Waals surface area contributed by atoms with Crippen LogP contribution in [-0.4, -0.2) is 237 Å². The smallest absolute Gasteiger partial charge is 0.407 e. The summed E-state index contributed by atoms with van der Waals surface area (Å²) in [4.78, 5) is 24.3. The van der Waals surface area contributed by atoms with Crippen LogP contribution >= 0.6 is 11.8 Å². The molecule has 50 atom stereocenters. The van der Waals surface area contributed by atoms with Crippen LogP contribution in [0.1, 0.15) is 252 Å². The van der Waals surface area contributed by atoms with E-state index < -0.39 is 37.3 Å². The van der Waals surface area contributed by atoms with Crippen LogP contribution in [0.15, 0.2) is 60.7 Å². The summed E-state index contributed by atoms with van der Waals surface area (Å²) in [7, 11) is 0. The third-order valence-corrected chi connectivity index (χ3v) is 39.3. The maximum Gasteiger partial charge on any atom is 0.407 e. The van der Waals surface area contributed by atoms with Gasteiger partial charge in [0.1, 0.15) is 18.6 Å². The number of carbonyl (C=O) groups excluding carboxylic acids is 2. The number of rotatable bonds is 40.